The number of hydrogen-bond donors (Lipinski definition) is 2. The van der Waals surface area contributed by atoms with Crippen LogP contribution in [0.15, 0.2) is 42.5 Å². The summed E-state index contributed by atoms with van der Waals surface area (Å²) in [6, 6.07) is 12.6. The van der Waals surface area contributed by atoms with E-state index in [1.807, 2.05) is 29.2 Å². The number of piperidine rings is 1. The third kappa shape index (κ3) is 6.93. The number of piperazine rings is 1. The van der Waals surface area contributed by atoms with E-state index in [1.165, 1.54) is 6.42 Å². The number of aliphatic hydroxyl groups excluding tert-OH is 1. The molecule has 9 nitrogen and oxygen atoms in total. The van der Waals surface area contributed by atoms with Crippen molar-refractivity contribution in [2.24, 2.45) is 5.92 Å². The number of aliphatic hydroxyl groups is 1. The minimum Gasteiger partial charge on any atom is -0.496 e. The van der Waals surface area contributed by atoms with Crippen LogP contribution in [0.4, 0.5) is 0 Å². The van der Waals surface area contributed by atoms with Crippen molar-refractivity contribution in [2.45, 2.75) is 88.9 Å². The zero-order chi connectivity index (χ0) is 30.4. The summed E-state index contributed by atoms with van der Waals surface area (Å²) in [4.78, 5) is 31.8. The van der Waals surface area contributed by atoms with Gasteiger partial charge in [-0.15, -0.1) is 0 Å². The molecule has 5 rings (SSSR count). The second-order valence-electron chi connectivity index (χ2n) is 12.3. The number of nitrogens with one attached hydrogen (secondary N) is 1. The zero-order valence-electron chi connectivity index (χ0n) is 25.8. The minimum atomic E-state index is -0.846. The average molecular weight is 594 g/mol. The number of methoxy groups -OCH3 is 2. The van der Waals surface area contributed by atoms with Crippen molar-refractivity contribution in [1.29, 1.82) is 0 Å². The number of hydrogen-bond acceptors (Lipinski definition) is 7. The van der Waals surface area contributed by atoms with Crippen LogP contribution in [0.1, 0.15) is 70.3 Å². The van der Waals surface area contributed by atoms with Gasteiger partial charge < -0.3 is 29.5 Å². The standard InChI is InChI=1S/C34H47N3O6/c1-4-5-17-37-32(39)30(31(38)25-9-7-6-8-10-25)35-33(40)34(37)15-18-36(19-16-34)23-24-11-13-26(14-12-24)43-29-21-27(41-2)20-28(22-29)42-3/h11-14,20-22,25,30-31,38H,4-10,15-19,23H2,1-3H3,(H,35,40)/t30-,31-/m1/s1. The fourth-order valence-corrected chi connectivity index (χ4v) is 6.93. The van der Waals surface area contributed by atoms with Crippen LogP contribution in [0.3, 0.4) is 0 Å². The van der Waals surface area contributed by atoms with Crippen molar-refractivity contribution in [3.63, 3.8) is 0 Å². The molecule has 0 aromatic heterocycles. The highest BCUT2D eigenvalue weighted by Gasteiger charge is 2.55. The van der Waals surface area contributed by atoms with E-state index in [1.54, 1.807) is 20.3 Å². The van der Waals surface area contributed by atoms with Crippen LogP contribution in [-0.4, -0.2) is 78.3 Å². The van der Waals surface area contributed by atoms with Crippen LogP contribution in [-0.2, 0) is 16.1 Å². The molecule has 1 spiro atoms. The Morgan fingerprint density at radius 2 is 1.56 bits per heavy atom. The monoisotopic (exact) mass is 593 g/mol. The molecule has 2 amide bonds. The third-order valence-electron chi connectivity index (χ3n) is 9.54. The van der Waals surface area contributed by atoms with Crippen LogP contribution in [0.2, 0.25) is 0 Å². The van der Waals surface area contributed by atoms with Gasteiger partial charge in [-0.2, -0.15) is 0 Å². The van der Waals surface area contributed by atoms with Crippen LogP contribution >= 0.6 is 0 Å². The smallest absolute Gasteiger partial charge is 0.248 e. The van der Waals surface area contributed by atoms with E-state index in [2.05, 4.69) is 29.3 Å². The van der Waals surface area contributed by atoms with Gasteiger partial charge in [-0.25, -0.2) is 0 Å². The van der Waals surface area contributed by atoms with Crippen molar-refractivity contribution >= 4 is 11.8 Å². The zero-order valence-corrected chi connectivity index (χ0v) is 25.8. The normalized spacial score (nSPS) is 21.9. The molecule has 2 atom stereocenters. The van der Waals surface area contributed by atoms with Crippen LogP contribution in [0.25, 0.3) is 0 Å². The van der Waals surface area contributed by atoms with Gasteiger partial charge in [0, 0.05) is 44.4 Å². The summed E-state index contributed by atoms with van der Waals surface area (Å²) in [6.07, 6.45) is 7.27. The first kappa shape index (κ1) is 31.1. The molecule has 1 saturated carbocycles. The number of benzene rings is 2. The maximum Gasteiger partial charge on any atom is 0.248 e. The van der Waals surface area contributed by atoms with Gasteiger partial charge in [-0.1, -0.05) is 44.7 Å². The number of amides is 2. The quantitative estimate of drug-likeness (QED) is 0.382. The largest absolute Gasteiger partial charge is 0.496 e. The number of nitrogens with zero attached hydrogens (tertiary/aromatic N) is 2. The molecule has 2 heterocycles. The minimum absolute atomic E-state index is 0.0714. The van der Waals surface area contributed by atoms with E-state index in [-0.39, 0.29) is 17.7 Å². The first-order valence-corrected chi connectivity index (χ1v) is 15.9. The average Bonchev–Trinajstić information content (AvgIpc) is 3.04. The van der Waals surface area contributed by atoms with E-state index >= 15 is 0 Å². The Morgan fingerprint density at radius 3 is 2.16 bits per heavy atom. The van der Waals surface area contributed by atoms with Gasteiger partial charge >= 0.3 is 0 Å². The Hall–Kier alpha value is -3.30. The van der Waals surface area contributed by atoms with Crippen molar-refractivity contribution in [2.75, 3.05) is 33.9 Å². The molecule has 43 heavy (non-hydrogen) atoms. The molecule has 0 unspecified atom stereocenters. The highest BCUT2D eigenvalue weighted by molar-refractivity contribution is 6.00. The third-order valence-corrected chi connectivity index (χ3v) is 9.54. The Morgan fingerprint density at radius 1 is 0.930 bits per heavy atom. The summed E-state index contributed by atoms with van der Waals surface area (Å²) in [6.45, 7) is 4.82. The maximum atomic E-state index is 13.9. The maximum absolute atomic E-state index is 13.9. The highest BCUT2D eigenvalue weighted by Crippen LogP contribution is 2.37. The molecule has 234 valence electrons. The van der Waals surface area contributed by atoms with Crippen LogP contribution in [0, 0.1) is 5.92 Å². The molecular weight excluding hydrogens is 546 g/mol. The first-order chi connectivity index (χ1) is 20.9. The number of carbonyl (C=O) groups is 2. The molecule has 2 saturated heterocycles. The van der Waals surface area contributed by atoms with Crippen molar-refractivity contribution in [1.82, 2.24) is 15.1 Å². The second kappa shape index (κ2) is 14.0. The lowest BCUT2D eigenvalue weighted by Crippen LogP contribution is -2.75. The Kier molecular flexibility index (Phi) is 10.1. The van der Waals surface area contributed by atoms with Gasteiger partial charge in [-0.3, -0.25) is 14.5 Å². The molecule has 2 aliphatic heterocycles. The highest BCUT2D eigenvalue weighted by atomic mass is 16.5. The summed E-state index contributed by atoms with van der Waals surface area (Å²) in [5.74, 6) is 2.53. The lowest BCUT2D eigenvalue weighted by atomic mass is 9.78. The number of rotatable bonds is 11. The van der Waals surface area contributed by atoms with Crippen LogP contribution in [0.5, 0.6) is 23.0 Å². The predicted octanol–water partition coefficient (Wildman–Crippen LogP) is 4.90. The summed E-state index contributed by atoms with van der Waals surface area (Å²) < 4.78 is 16.7. The lowest BCUT2D eigenvalue weighted by Gasteiger charge is -2.52. The molecule has 2 aromatic carbocycles. The summed E-state index contributed by atoms with van der Waals surface area (Å²) >= 11 is 0. The van der Waals surface area contributed by atoms with Crippen molar-refractivity contribution < 1.29 is 28.9 Å². The topological polar surface area (TPSA) is 101 Å². The summed E-state index contributed by atoms with van der Waals surface area (Å²) in [5.41, 5.74) is 0.301. The Bertz CT molecular complexity index is 1210. The molecule has 2 N–H and O–H groups in total. The van der Waals surface area contributed by atoms with Gasteiger partial charge in [0.2, 0.25) is 11.8 Å². The fraction of sp³-hybridized carbons (Fsp3) is 0.588. The van der Waals surface area contributed by atoms with Gasteiger partial charge in [0.1, 0.15) is 34.6 Å². The van der Waals surface area contributed by atoms with Crippen molar-refractivity contribution in [3.05, 3.63) is 48.0 Å². The van der Waals surface area contributed by atoms with Gasteiger partial charge in [0.05, 0.1) is 20.3 Å². The van der Waals surface area contributed by atoms with Gasteiger partial charge in [0.15, 0.2) is 0 Å². The number of carbonyl (C=O) groups excluding carboxylic acids is 2. The SMILES string of the molecule is CCCCN1C(=O)[C@@H]([C@H](O)C2CCCCC2)NC(=O)C12CCN(Cc1ccc(Oc3cc(OC)cc(OC)c3)cc1)CC2. The Balaban J connectivity index is 1.21. The predicted molar refractivity (Wildman–Crippen MR) is 164 cm³/mol. The molecule has 1 aliphatic carbocycles. The molecular formula is C34H47N3O6. The van der Waals surface area contributed by atoms with E-state index in [0.29, 0.717) is 55.5 Å². The summed E-state index contributed by atoms with van der Waals surface area (Å²) in [7, 11) is 3.21. The molecule has 3 fully saturated rings. The lowest BCUT2D eigenvalue weighted by molar-refractivity contribution is -0.166. The van der Waals surface area contributed by atoms with Crippen LogP contribution < -0.4 is 19.5 Å². The Labute approximate surface area is 255 Å². The molecule has 3 aliphatic rings. The fourth-order valence-electron chi connectivity index (χ4n) is 6.93. The van der Waals surface area contributed by atoms with E-state index < -0.39 is 17.7 Å². The van der Waals surface area contributed by atoms with E-state index in [4.69, 9.17) is 14.2 Å². The number of likely N-dealkylation sites (tertiary alicyclic amines) is 1. The van der Waals surface area contributed by atoms with E-state index in [0.717, 1.165) is 50.6 Å². The van der Waals surface area contributed by atoms with Crippen molar-refractivity contribution in [3.8, 4) is 23.0 Å². The second-order valence-corrected chi connectivity index (χ2v) is 12.3. The summed E-state index contributed by atoms with van der Waals surface area (Å²) in [5, 5.41) is 14.2. The first-order valence-electron chi connectivity index (χ1n) is 15.9. The molecule has 2 aromatic rings. The number of unbranched alkanes of at least 4 members (excludes halogenated alkanes) is 1. The molecule has 0 bridgehead atoms. The molecule has 0 radical (unpaired) electrons. The van der Waals surface area contributed by atoms with Gasteiger partial charge in [0.25, 0.3) is 0 Å². The number of ether oxygens (including phenoxy) is 3. The molecule has 9 heteroatoms. The van der Waals surface area contributed by atoms with E-state index in [9.17, 15) is 14.7 Å². The van der Waals surface area contributed by atoms with Gasteiger partial charge in [-0.05, 0) is 55.7 Å².